The van der Waals surface area contributed by atoms with Crippen LogP contribution in [-0.4, -0.2) is 16.4 Å². The number of hydrogen-bond acceptors (Lipinski definition) is 3. The fourth-order valence-corrected chi connectivity index (χ4v) is 4.06. The van der Waals surface area contributed by atoms with Gasteiger partial charge >= 0.3 is 0 Å². The lowest BCUT2D eigenvalue weighted by molar-refractivity contribution is -0.115. The minimum Gasteiger partial charge on any atom is -0.278 e. The third kappa shape index (κ3) is 3.18. The van der Waals surface area contributed by atoms with Crippen molar-refractivity contribution in [2.75, 3.05) is 10.7 Å². The van der Waals surface area contributed by atoms with Gasteiger partial charge in [0.05, 0.1) is 17.1 Å². The third-order valence-electron chi connectivity index (χ3n) is 3.31. The van der Waals surface area contributed by atoms with Crippen LogP contribution in [0.1, 0.15) is 20.8 Å². The lowest BCUT2D eigenvalue weighted by atomic mass is 10.2. The maximum absolute atomic E-state index is 12.9. The maximum atomic E-state index is 12.9. The van der Waals surface area contributed by atoms with E-state index in [2.05, 4.69) is 32.9 Å². The Hall–Kier alpha value is -1.39. The Balaban J connectivity index is 1.98. The van der Waals surface area contributed by atoms with Crippen LogP contribution in [0.3, 0.4) is 0 Å². The fraction of sp³-hybridized carbons (Fsp3) is 0.278. The van der Waals surface area contributed by atoms with Crippen molar-refractivity contribution in [1.29, 1.82) is 0 Å². The molecule has 0 aliphatic carbocycles. The van der Waals surface area contributed by atoms with Crippen LogP contribution in [-0.2, 0) is 4.79 Å². The van der Waals surface area contributed by atoms with Gasteiger partial charge in [-0.25, -0.2) is 0 Å². The summed E-state index contributed by atoms with van der Waals surface area (Å²) in [5.74, 6) is 0.622. The first-order chi connectivity index (χ1) is 10.5. The van der Waals surface area contributed by atoms with Crippen molar-refractivity contribution in [3.63, 3.8) is 0 Å². The van der Waals surface area contributed by atoms with Crippen LogP contribution < -0.4 is 4.90 Å². The van der Waals surface area contributed by atoms with Gasteiger partial charge < -0.3 is 0 Å². The van der Waals surface area contributed by atoms with Crippen LogP contribution in [0, 0.1) is 0 Å². The highest BCUT2D eigenvalue weighted by Crippen LogP contribution is 2.48. The smallest absolute Gasteiger partial charge is 0.241 e. The van der Waals surface area contributed by atoms with Crippen molar-refractivity contribution in [2.45, 2.75) is 35.3 Å². The summed E-state index contributed by atoms with van der Waals surface area (Å²) >= 11 is 3.41. The number of thioether (sulfide) groups is 1. The summed E-state index contributed by atoms with van der Waals surface area (Å²) in [6.45, 7) is 6.41. The second-order valence-corrected chi connectivity index (χ2v) is 9.05. The van der Waals surface area contributed by atoms with Gasteiger partial charge in [0.25, 0.3) is 0 Å². The summed E-state index contributed by atoms with van der Waals surface area (Å²) in [7, 11) is 0. The SMILES string of the molecule is CC(C)(C)SCC(=O)N1c2ccccc2Sc2ccccc21. The highest BCUT2D eigenvalue weighted by molar-refractivity contribution is 8.01. The lowest BCUT2D eigenvalue weighted by Crippen LogP contribution is -2.31. The zero-order valence-corrected chi connectivity index (χ0v) is 14.6. The van der Waals surface area contributed by atoms with E-state index in [1.165, 1.54) is 0 Å². The Labute approximate surface area is 140 Å². The average molecular weight is 329 g/mol. The van der Waals surface area contributed by atoms with Crippen LogP contribution in [0.15, 0.2) is 58.3 Å². The quantitative estimate of drug-likeness (QED) is 0.741. The number of anilines is 2. The van der Waals surface area contributed by atoms with Crippen molar-refractivity contribution >= 4 is 40.8 Å². The molecule has 0 saturated heterocycles. The van der Waals surface area contributed by atoms with E-state index >= 15 is 0 Å². The molecule has 0 unspecified atom stereocenters. The van der Waals surface area contributed by atoms with E-state index in [1.807, 2.05) is 41.3 Å². The highest BCUT2D eigenvalue weighted by atomic mass is 32.2. The van der Waals surface area contributed by atoms with Gasteiger partial charge in [-0.3, -0.25) is 9.69 Å². The van der Waals surface area contributed by atoms with E-state index in [0.717, 1.165) is 21.2 Å². The molecule has 2 aromatic rings. The number of nitrogens with zero attached hydrogens (tertiary/aromatic N) is 1. The molecule has 0 fully saturated rings. The molecule has 0 bridgehead atoms. The van der Waals surface area contributed by atoms with E-state index in [9.17, 15) is 4.79 Å². The second kappa shape index (κ2) is 6.01. The molecule has 0 aromatic heterocycles. The van der Waals surface area contributed by atoms with Gasteiger partial charge in [-0.2, -0.15) is 0 Å². The summed E-state index contributed by atoms with van der Waals surface area (Å²) in [6, 6.07) is 16.2. The van der Waals surface area contributed by atoms with E-state index < -0.39 is 0 Å². The molecule has 0 saturated carbocycles. The highest BCUT2D eigenvalue weighted by Gasteiger charge is 2.28. The van der Waals surface area contributed by atoms with Gasteiger partial charge in [-0.05, 0) is 24.3 Å². The number of para-hydroxylation sites is 2. The van der Waals surface area contributed by atoms with Crippen molar-refractivity contribution in [3.8, 4) is 0 Å². The number of hydrogen-bond donors (Lipinski definition) is 0. The van der Waals surface area contributed by atoms with Crippen LogP contribution in [0.4, 0.5) is 11.4 Å². The first kappa shape index (κ1) is 15.5. The zero-order chi connectivity index (χ0) is 15.7. The van der Waals surface area contributed by atoms with Crippen LogP contribution in [0.2, 0.25) is 0 Å². The first-order valence-electron chi connectivity index (χ1n) is 7.28. The van der Waals surface area contributed by atoms with E-state index in [4.69, 9.17) is 0 Å². The molecule has 1 aliphatic heterocycles. The standard InChI is InChI=1S/C18H19NOS2/c1-18(2,3)21-12-17(20)19-13-8-4-6-10-15(13)22-16-11-7-5-9-14(16)19/h4-11H,12H2,1-3H3. The Morgan fingerprint density at radius 2 is 1.50 bits per heavy atom. The van der Waals surface area contributed by atoms with E-state index in [0.29, 0.717) is 5.75 Å². The molecular formula is C18H19NOS2. The zero-order valence-electron chi connectivity index (χ0n) is 13.0. The molecule has 4 heteroatoms. The first-order valence-corrected chi connectivity index (χ1v) is 9.09. The van der Waals surface area contributed by atoms with Crippen molar-refractivity contribution in [2.24, 2.45) is 0 Å². The van der Waals surface area contributed by atoms with Crippen molar-refractivity contribution < 1.29 is 4.79 Å². The normalized spacial score (nSPS) is 13.5. The molecule has 1 amide bonds. The van der Waals surface area contributed by atoms with Gasteiger partial charge in [-0.15, -0.1) is 11.8 Å². The Morgan fingerprint density at radius 3 is 2.00 bits per heavy atom. The van der Waals surface area contributed by atoms with Gasteiger partial charge in [0.2, 0.25) is 5.91 Å². The molecule has 0 radical (unpaired) electrons. The van der Waals surface area contributed by atoms with Crippen LogP contribution in [0.25, 0.3) is 0 Å². The van der Waals surface area contributed by atoms with E-state index in [-0.39, 0.29) is 10.7 Å². The van der Waals surface area contributed by atoms with Gasteiger partial charge in [0.15, 0.2) is 0 Å². The number of carbonyl (C=O) groups excluding carboxylic acids is 1. The van der Waals surface area contributed by atoms with Gasteiger partial charge in [-0.1, -0.05) is 56.8 Å². The minimum absolute atomic E-state index is 0.0826. The molecule has 1 heterocycles. The predicted molar refractivity (Wildman–Crippen MR) is 96.4 cm³/mol. The summed E-state index contributed by atoms with van der Waals surface area (Å²) in [5, 5.41) is 0. The topological polar surface area (TPSA) is 20.3 Å². The molecule has 0 N–H and O–H groups in total. The fourth-order valence-electron chi connectivity index (χ4n) is 2.32. The molecule has 2 nitrogen and oxygen atoms in total. The van der Waals surface area contributed by atoms with Gasteiger partial charge in [0, 0.05) is 14.5 Å². The predicted octanol–water partition coefficient (Wildman–Crippen LogP) is 5.35. The Kier molecular flexibility index (Phi) is 4.24. The van der Waals surface area contributed by atoms with Crippen LogP contribution in [0.5, 0.6) is 0 Å². The largest absolute Gasteiger partial charge is 0.278 e. The maximum Gasteiger partial charge on any atom is 0.241 e. The van der Waals surface area contributed by atoms with Crippen molar-refractivity contribution in [3.05, 3.63) is 48.5 Å². The molecule has 2 aromatic carbocycles. The van der Waals surface area contributed by atoms with E-state index in [1.54, 1.807) is 23.5 Å². The number of benzene rings is 2. The average Bonchev–Trinajstić information content (AvgIpc) is 2.49. The molecule has 114 valence electrons. The Morgan fingerprint density at radius 1 is 1.00 bits per heavy atom. The summed E-state index contributed by atoms with van der Waals surface area (Å²) < 4.78 is 0.0826. The van der Waals surface area contributed by atoms with Crippen LogP contribution >= 0.6 is 23.5 Å². The molecule has 3 rings (SSSR count). The molecule has 1 aliphatic rings. The second-order valence-electron chi connectivity index (χ2n) is 6.17. The number of rotatable bonds is 2. The monoisotopic (exact) mass is 329 g/mol. The number of fused-ring (bicyclic) bond motifs is 2. The number of carbonyl (C=O) groups is 1. The number of amides is 1. The molecule has 22 heavy (non-hydrogen) atoms. The minimum atomic E-state index is 0.0826. The van der Waals surface area contributed by atoms with Crippen molar-refractivity contribution in [1.82, 2.24) is 0 Å². The summed E-state index contributed by atoms with van der Waals surface area (Å²) in [5.41, 5.74) is 1.98. The summed E-state index contributed by atoms with van der Waals surface area (Å²) in [6.07, 6.45) is 0. The third-order valence-corrected chi connectivity index (χ3v) is 5.70. The lowest BCUT2D eigenvalue weighted by Gasteiger charge is -2.31. The Bertz CT molecular complexity index is 661. The molecular weight excluding hydrogens is 310 g/mol. The summed E-state index contributed by atoms with van der Waals surface area (Å²) in [4.78, 5) is 17.0. The molecule has 0 atom stereocenters. The molecule has 0 spiro atoms. The van der Waals surface area contributed by atoms with Gasteiger partial charge in [0.1, 0.15) is 0 Å².